The number of nitrogens with one attached hydrogen (secondary N) is 1. The van der Waals surface area contributed by atoms with E-state index in [4.69, 9.17) is 0 Å². The highest BCUT2D eigenvalue weighted by atomic mass is 79.9. The molecule has 5 rings (SSSR count). The maximum Gasteiger partial charge on any atom is 0.431 e. The van der Waals surface area contributed by atoms with E-state index >= 15 is 0 Å². The van der Waals surface area contributed by atoms with Crippen LogP contribution in [0.1, 0.15) is 5.69 Å². The number of aromatic nitrogens is 2. The fourth-order valence-electron chi connectivity index (χ4n) is 3.36. The second kappa shape index (κ2) is 13.3. The van der Waals surface area contributed by atoms with E-state index in [1.54, 1.807) is 12.4 Å². The second-order valence-electron chi connectivity index (χ2n) is 7.41. The summed E-state index contributed by atoms with van der Waals surface area (Å²) in [7, 11) is 0. The van der Waals surface area contributed by atoms with Crippen molar-refractivity contribution in [2.24, 2.45) is 0 Å². The molecule has 7 heteroatoms. The summed E-state index contributed by atoms with van der Waals surface area (Å²) in [5, 5.41) is 0. The molecule has 0 saturated carbocycles. The van der Waals surface area contributed by atoms with Crippen LogP contribution in [0.5, 0.6) is 0 Å². The lowest BCUT2D eigenvalue weighted by atomic mass is 9.37. The van der Waals surface area contributed by atoms with Gasteiger partial charge in [-0.1, -0.05) is 113 Å². The fourth-order valence-corrected chi connectivity index (χ4v) is 3.71. The van der Waals surface area contributed by atoms with Crippen LogP contribution in [-0.2, 0) is 6.18 Å². The molecule has 0 spiro atoms. The third-order valence-electron chi connectivity index (χ3n) is 4.92. The van der Waals surface area contributed by atoms with Crippen LogP contribution in [0.25, 0.3) is 0 Å². The van der Waals surface area contributed by atoms with Crippen LogP contribution in [0.4, 0.5) is 13.2 Å². The third-order valence-corrected chi connectivity index (χ3v) is 5.38. The molecule has 0 fully saturated rings. The lowest BCUT2D eigenvalue weighted by molar-refractivity contribution is -0.140. The van der Waals surface area contributed by atoms with Crippen molar-refractivity contribution in [3.63, 3.8) is 0 Å². The summed E-state index contributed by atoms with van der Waals surface area (Å²) in [5.74, 6) is 0. The zero-order valence-electron chi connectivity index (χ0n) is 18.7. The van der Waals surface area contributed by atoms with Crippen molar-refractivity contribution in [3.8, 4) is 0 Å². The molecule has 1 N–H and O–H groups in total. The molecule has 0 aliphatic rings. The number of halogens is 4. The highest BCUT2D eigenvalue weighted by molar-refractivity contribution is 9.10. The number of rotatable bonds is 3. The van der Waals surface area contributed by atoms with Gasteiger partial charge in [0.2, 0.25) is 6.71 Å². The van der Waals surface area contributed by atoms with Crippen molar-refractivity contribution in [2.45, 2.75) is 6.18 Å². The van der Waals surface area contributed by atoms with Gasteiger partial charge >= 0.3 is 6.18 Å². The molecule has 0 aliphatic carbocycles. The first-order valence-corrected chi connectivity index (χ1v) is 11.7. The minimum atomic E-state index is -4.27. The summed E-state index contributed by atoms with van der Waals surface area (Å²) < 4.78 is 35.6. The minimum Gasteiger partial charge on any atom is -0.346 e. The van der Waals surface area contributed by atoms with E-state index in [1.165, 1.54) is 22.5 Å². The topological polar surface area (TPSA) is 28.7 Å². The maximum atomic E-state index is 11.7. The number of pyridine rings is 1. The molecular weight excluding hydrogens is 512 g/mol. The van der Waals surface area contributed by atoms with E-state index in [2.05, 4.69) is 117 Å². The van der Waals surface area contributed by atoms with Gasteiger partial charge in [0.1, 0.15) is 5.69 Å². The highest BCUT2D eigenvalue weighted by Gasteiger charge is 2.31. The van der Waals surface area contributed by atoms with Crippen molar-refractivity contribution >= 4 is 39.0 Å². The predicted molar refractivity (Wildman–Crippen MR) is 142 cm³/mol. The number of nitrogens with zero attached hydrogens (tertiary/aromatic N) is 1. The average Bonchev–Trinajstić information content (AvgIpc) is 3.35. The number of alkyl halides is 3. The molecule has 176 valence electrons. The minimum absolute atomic E-state index is 0.309. The highest BCUT2D eigenvalue weighted by Crippen LogP contribution is 2.29. The zero-order valence-corrected chi connectivity index (χ0v) is 20.3. The standard InChI is InChI=1S/C18H15B.C5H3BrF3N.C5H5N/c1-4-10-16(11-5-1)19(17-12-6-2-7-13-17)18-14-8-3-9-15-18;6-4-2-1-3(10-4)5(7,8)9;1-2-4-6-5-3-1/h1-15H;1-2,10H;1-5H. The number of hydrogen-bond donors (Lipinski definition) is 1. The van der Waals surface area contributed by atoms with Crippen LogP contribution in [0, 0.1) is 0 Å². The largest absolute Gasteiger partial charge is 0.431 e. The normalized spacial score (nSPS) is 10.3. The average molecular weight is 535 g/mol. The van der Waals surface area contributed by atoms with Crippen LogP contribution < -0.4 is 16.4 Å². The molecule has 0 aliphatic heterocycles. The number of aromatic amines is 1. The van der Waals surface area contributed by atoms with Crippen LogP contribution in [0.3, 0.4) is 0 Å². The second-order valence-corrected chi connectivity index (χ2v) is 8.26. The lowest BCUT2D eigenvalue weighted by Gasteiger charge is -2.15. The Bertz CT molecular complexity index is 1110. The molecular formula is C28H23BBrF3N2. The Morgan fingerprint density at radius 2 is 0.971 bits per heavy atom. The first kappa shape index (κ1) is 26.0. The Balaban J connectivity index is 0.000000178. The van der Waals surface area contributed by atoms with Gasteiger partial charge < -0.3 is 4.98 Å². The van der Waals surface area contributed by atoms with Crippen LogP contribution in [0.15, 0.2) is 138 Å². The maximum absolute atomic E-state index is 11.7. The summed E-state index contributed by atoms with van der Waals surface area (Å²) in [5.41, 5.74) is 3.26. The molecule has 0 bridgehead atoms. The van der Waals surface area contributed by atoms with E-state index < -0.39 is 11.9 Å². The Morgan fingerprint density at radius 1 is 0.571 bits per heavy atom. The molecule has 0 radical (unpaired) electrons. The van der Waals surface area contributed by atoms with Crippen LogP contribution in [-0.4, -0.2) is 16.7 Å². The number of hydrogen-bond acceptors (Lipinski definition) is 1. The first-order valence-electron chi connectivity index (χ1n) is 10.9. The lowest BCUT2D eigenvalue weighted by Crippen LogP contribution is -2.51. The Kier molecular flexibility index (Phi) is 9.93. The van der Waals surface area contributed by atoms with Crippen LogP contribution >= 0.6 is 15.9 Å². The number of H-pyrrole nitrogens is 1. The van der Waals surface area contributed by atoms with Gasteiger partial charge in [-0.25, -0.2) is 0 Å². The molecule has 5 aromatic rings. The molecule has 0 atom stereocenters. The van der Waals surface area contributed by atoms with Gasteiger partial charge in [-0.2, -0.15) is 13.2 Å². The quantitative estimate of drug-likeness (QED) is 0.279. The molecule has 0 unspecified atom stereocenters. The van der Waals surface area contributed by atoms with Gasteiger partial charge in [0, 0.05) is 12.4 Å². The van der Waals surface area contributed by atoms with Crippen molar-refractivity contribution in [2.75, 3.05) is 0 Å². The predicted octanol–water partition coefficient (Wildman–Crippen LogP) is 6.08. The Labute approximate surface area is 212 Å². The fraction of sp³-hybridized carbons (Fsp3) is 0.0357. The Morgan fingerprint density at radius 3 is 1.20 bits per heavy atom. The number of benzene rings is 3. The molecule has 2 aromatic heterocycles. The van der Waals surface area contributed by atoms with Gasteiger partial charge in [-0.15, -0.1) is 0 Å². The van der Waals surface area contributed by atoms with Crippen LogP contribution in [0.2, 0.25) is 0 Å². The summed E-state index contributed by atoms with van der Waals surface area (Å²) in [6.45, 7) is 0.309. The van der Waals surface area contributed by atoms with Gasteiger partial charge in [0.05, 0.1) is 4.60 Å². The first-order chi connectivity index (χ1) is 16.9. The molecule has 35 heavy (non-hydrogen) atoms. The Hall–Kier alpha value is -3.58. The molecule has 2 heterocycles. The summed E-state index contributed by atoms with van der Waals surface area (Å²) in [6.07, 6.45) is -0.772. The van der Waals surface area contributed by atoms with E-state index in [0.717, 1.165) is 6.07 Å². The van der Waals surface area contributed by atoms with Crippen molar-refractivity contribution in [1.82, 2.24) is 9.97 Å². The van der Waals surface area contributed by atoms with Gasteiger partial charge in [-0.3, -0.25) is 4.98 Å². The molecule has 0 saturated heterocycles. The molecule has 2 nitrogen and oxygen atoms in total. The van der Waals surface area contributed by atoms with E-state index in [0.29, 0.717) is 11.3 Å². The zero-order chi connectivity index (χ0) is 24.9. The van der Waals surface area contributed by atoms with E-state index in [1.807, 2.05) is 18.2 Å². The molecule has 0 amide bonds. The van der Waals surface area contributed by atoms with Crippen molar-refractivity contribution in [3.05, 3.63) is 144 Å². The monoisotopic (exact) mass is 534 g/mol. The SMILES string of the molecule is FC(F)(F)c1ccc(Br)[nH]1.c1ccc(B(c2ccccc2)c2ccccc2)cc1.c1ccncc1. The summed E-state index contributed by atoms with van der Waals surface area (Å²) >= 11 is 2.87. The third kappa shape index (κ3) is 8.61. The summed E-state index contributed by atoms with van der Waals surface area (Å²) in [4.78, 5) is 5.89. The van der Waals surface area contributed by atoms with E-state index in [9.17, 15) is 13.2 Å². The van der Waals surface area contributed by atoms with Crippen molar-refractivity contribution in [1.29, 1.82) is 0 Å². The van der Waals surface area contributed by atoms with Gasteiger partial charge in [0.25, 0.3) is 0 Å². The van der Waals surface area contributed by atoms with E-state index in [-0.39, 0.29) is 0 Å². The molecule has 3 aromatic carbocycles. The van der Waals surface area contributed by atoms with Gasteiger partial charge in [-0.05, 0) is 40.2 Å². The van der Waals surface area contributed by atoms with Crippen molar-refractivity contribution < 1.29 is 13.2 Å². The summed E-state index contributed by atoms with van der Waals surface area (Å²) in [6, 6.07) is 40.0. The van der Waals surface area contributed by atoms with Gasteiger partial charge in [0.15, 0.2) is 0 Å². The smallest absolute Gasteiger partial charge is 0.346 e.